The van der Waals surface area contributed by atoms with Crippen LogP contribution in [0.2, 0.25) is 0 Å². The Hall–Kier alpha value is -2.48. The Kier molecular flexibility index (Phi) is 4.29. The number of rotatable bonds is 5. The summed E-state index contributed by atoms with van der Waals surface area (Å²) in [5.74, 6) is 0.677. The number of hydrogen-bond donors (Lipinski definition) is 2. The molecule has 2 N–H and O–H groups in total. The second-order valence-corrected chi connectivity index (χ2v) is 5.15. The molecule has 0 spiro atoms. The zero-order valence-electron chi connectivity index (χ0n) is 12.3. The van der Waals surface area contributed by atoms with Crippen molar-refractivity contribution in [3.63, 3.8) is 0 Å². The largest absolute Gasteiger partial charge is 0.380 e. The third kappa shape index (κ3) is 3.06. The number of carbonyl (C=O) groups excluding carboxylic acids is 1. The average Bonchev–Trinajstić information content (AvgIpc) is 3.23. The van der Waals surface area contributed by atoms with Crippen LogP contribution in [0.15, 0.2) is 30.9 Å². The van der Waals surface area contributed by atoms with E-state index in [0.29, 0.717) is 12.2 Å². The van der Waals surface area contributed by atoms with Gasteiger partial charge in [-0.25, -0.2) is 9.97 Å². The second-order valence-electron chi connectivity index (χ2n) is 5.15. The summed E-state index contributed by atoms with van der Waals surface area (Å²) in [6.45, 7) is 1.26. The van der Waals surface area contributed by atoms with Crippen LogP contribution in [0.25, 0.3) is 0 Å². The molecule has 2 atom stereocenters. The fourth-order valence-corrected chi connectivity index (χ4v) is 2.66. The predicted molar refractivity (Wildman–Crippen MR) is 79.5 cm³/mol. The Morgan fingerprint density at radius 1 is 1.50 bits per heavy atom. The number of nitrogens with zero attached hydrogens (tertiary/aromatic N) is 4. The second kappa shape index (κ2) is 6.52. The Morgan fingerprint density at radius 3 is 3.09 bits per heavy atom. The van der Waals surface area contributed by atoms with Crippen LogP contribution in [0.5, 0.6) is 0 Å². The van der Waals surface area contributed by atoms with Crippen molar-refractivity contribution in [2.75, 3.05) is 25.1 Å². The molecule has 1 saturated heterocycles. The van der Waals surface area contributed by atoms with Gasteiger partial charge in [0.15, 0.2) is 0 Å². The fourth-order valence-electron chi connectivity index (χ4n) is 2.66. The van der Waals surface area contributed by atoms with Crippen LogP contribution >= 0.6 is 0 Å². The van der Waals surface area contributed by atoms with Gasteiger partial charge in [-0.1, -0.05) is 0 Å². The van der Waals surface area contributed by atoms with Crippen LogP contribution in [-0.4, -0.2) is 58.4 Å². The van der Waals surface area contributed by atoms with Gasteiger partial charge in [0.1, 0.15) is 17.8 Å². The Labute approximate surface area is 127 Å². The molecule has 0 aliphatic carbocycles. The standard InChI is InChI=1S/C14H18N6O2/c1-22-11-6-10(7-16-14(21)12-2-5-18-19-12)20(8-11)13-3-4-15-9-17-13/h2-5,9-11H,6-8H2,1H3,(H,16,21)(H,18,19)/t10-,11-/m1/s1. The predicted octanol–water partition coefficient (Wildman–Crippen LogP) is 0.223. The van der Waals surface area contributed by atoms with E-state index in [1.807, 2.05) is 6.07 Å². The van der Waals surface area contributed by atoms with E-state index in [1.54, 1.807) is 25.6 Å². The number of aromatic amines is 1. The highest BCUT2D eigenvalue weighted by Gasteiger charge is 2.33. The molecule has 116 valence electrons. The lowest BCUT2D eigenvalue weighted by atomic mass is 10.2. The van der Waals surface area contributed by atoms with E-state index in [-0.39, 0.29) is 18.1 Å². The maximum Gasteiger partial charge on any atom is 0.269 e. The number of nitrogens with one attached hydrogen (secondary N) is 2. The summed E-state index contributed by atoms with van der Waals surface area (Å²) in [7, 11) is 1.70. The lowest BCUT2D eigenvalue weighted by Gasteiger charge is -2.25. The molecule has 1 aliphatic heterocycles. The minimum absolute atomic E-state index is 0.129. The van der Waals surface area contributed by atoms with Crippen molar-refractivity contribution >= 4 is 11.7 Å². The number of anilines is 1. The maximum absolute atomic E-state index is 12.0. The molecule has 1 fully saturated rings. The lowest BCUT2D eigenvalue weighted by molar-refractivity contribution is 0.0941. The van der Waals surface area contributed by atoms with Gasteiger partial charge in [-0.3, -0.25) is 9.89 Å². The van der Waals surface area contributed by atoms with Gasteiger partial charge in [-0.05, 0) is 18.6 Å². The van der Waals surface area contributed by atoms with Crippen LogP contribution in [0.3, 0.4) is 0 Å². The molecule has 0 saturated carbocycles. The van der Waals surface area contributed by atoms with Gasteiger partial charge in [0.2, 0.25) is 0 Å². The number of aromatic nitrogens is 4. The average molecular weight is 302 g/mol. The van der Waals surface area contributed by atoms with Crippen molar-refractivity contribution in [3.8, 4) is 0 Å². The highest BCUT2D eigenvalue weighted by atomic mass is 16.5. The minimum Gasteiger partial charge on any atom is -0.380 e. The summed E-state index contributed by atoms with van der Waals surface area (Å²) in [6, 6.07) is 3.64. The van der Waals surface area contributed by atoms with Gasteiger partial charge in [0.25, 0.3) is 5.91 Å². The third-order valence-electron chi connectivity index (χ3n) is 3.81. The summed E-state index contributed by atoms with van der Waals surface area (Å²) >= 11 is 0. The summed E-state index contributed by atoms with van der Waals surface area (Å²) < 4.78 is 5.46. The fraction of sp³-hybridized carbons (Fsp3) is 0.429. The van der Waals surface area contributed by atoms with Crippen molar-refractivity contribution in [1.29, 1.82) is 0 Å². The first-order valence-electron chi connectivity index (χ1n) is 7.11. The molecular formula is C14H18N6O2. The molecule has 0 radical (unpaired) electrons. The third-order valence-corrected chi connectivity index (χ3v) is 3.81. The van der Waals surface area contributed by atoms with E-state index in [9.17, 15) is 4.79 Å². The molecule has 2 aromatic rings. The van der Waals surface area contributed by atoms with Crippen molar-refractivity contribution in [2.45, 2.75) is 18.6 Å². The Morgan fingerprint density at radius 2 is 2.41 bits per heavy atom. The minimum atomic E-state index is -0.166. The van der Waals surface area contributed by atoms with Crippen molar-refractivity contribution in [1.82, 2.24) is 25.5 Å². The summed E-state index contributed by atoms with van der Waals surface area (Å²) in [5.41, 5.74) is 0.454. The van der Waals surface area contributed by atoms with E-state index < -0.39 is 0 Å². The smallest absolute Gasteiger partial charge is 0.269 e. The number of carbonyl (C=O) groups is 1. The van der Waals surface area contributed by atoms with Crippen LogP contribution in [0, 0.1) is 0 Å². The van der Waals surface area contributed by atoms with Crippen LogP contribution in [0.1, 0.15) is 16.9 Å². The molecule has 2 aromatic heterocycles. The number of methoxy groups -OCH3 is 1. The Balaban J connectivity index is 1.66. The summed E-state index contributed by atoms with van der Waals surface area (Å²) in [4.78, 5) is 22.4. The van der Waals surface area contributed by atoms with E-state index in [2.05, 4.69) is 30.4 Å². The zero-order chi connectivity index (χ0) is 15.4. The molecule has 8 heteroatoms. The number of H-pyrrole nitrogens is 1. The highest BCUT2D eigenvalue weighted by Crippen LogP contribution is 2.24. The van der Waals surface area contributed by atoms with Gasteiger partial charge < -0.3 is 15.0 Å². The SMILES string of the molecule is CO[C@@H]1C[C@H](CNC(=O)c2ccn[nH]2)N(c2ccncn2)C1. The zero-order valence-corrected chi connectivity index (χ0v) is 12.3. The molecule has 0 bridgehead atoms. The molecule has 1 aliphatic rings. The van der Waals surface area contributed by atoms with Crippen LogP contribution in [0.4, 0.5) is 5.82 Å². The van der Waals surface area contributed by atoms with Crippen molar-refractivity contribution in [3.05, 3.63) is 36.5 Å². The summed E-state index contributed by atoms with van der Waals surface area (Å²) in [5, 5.41) is 9.35. The molecular weight excluding hydrogens is 284 g/mol. The monoisotopic (exact) mass is 302 g/mol. The van der Waals surface area contributed by atoms with Gasteiger partial charge in [-0.15, -0.1) is 0 Å². The number of amides is 1. The first kappa shape index (κ1) is 14.5. The molecule has 8 nitrogen and oxygen atoms in total. The van der Waals surface area contributed by atoms with E-state index in [1.165, 1.54) is 6.33 Å². The Bertz CT molecular complexity index is 603. The molecule has 0 aromatic carbocycles. The molecule has 3 rings (SSSR count). The maximum atomic E-state index is 12.0. The first-order chi connectivity index (χ1) is 10.8. The van der Waals surface area contributed by atoms with Gasteiger partial charge in [0.05, 0.1) is 12.1 Å². The molecule has 1 amide bonds. The van der Waals surface area contributed by atoms with E-state index in [0.717, 1.165) is 18.8 Å². The van der Waals surface area contributed by atoms with Gasteiger partial charge >= 0.3 is 0 Å². The lowest BCUT2D eigenvalue weighted by Crippen LogP contribution is -2.40. The first-order valence-corrected chi connectivity index (χ1v) is 7.11. The molecule has 0 unspecified atom stereocenters. The number of hydrogen-bond acceptors (Lipinski definition) is 6. The summed E-state index contributed by atoms with van der Waals surface area (Å²) in [6.07, 6.45) is 5.75. The van der Waals surface area contributed by atoms with Crippen molar-refractivity contribution in [2.24, 2.45) is 0 Å². The number of ether oxygens (including phenoxy) is 1. The van der Waals surface area contributed by atoms with E-state index >= 15 is 0 Å². The highest BCUT2D eigenvalue weighted by molar-refractivity contribution is 5.92. The molecule has 22 heavy (non-hydrogen) atoms. The topological polar surface area (TPSA) is 96.0 Å². The molecule has 3 heterocycles. The van der Waals surface area contributed by atoms with Crippen molar-refractivity contribution < 1.29 is 9.53 Å². The van der Waals surface area contributed by atoms with E-state index in [4.69, 9.17) is 4.74 Å². The van der Waals surface area contributed by atoms with Crippen LogP contribution < -0.4 is 10.2 Å². The van der Waals surface area contributed by atoms with Gasteiger partial charge in [-0.2, -0.15) is 5.10 Å². The van der Waals surface area contributed by atoms with Gasteiger partial charge in [0, 0.05) is 32.6 Å². The van der Waals surface area contributed by atoms with Crippen LogP contribution in [-0.2, 0) is 4.74 Å². The normalized spacial score (nSPS) is 21.0. The quantitative estimate of drug-likeness (QED) is 0.820.